The molecule has 0 radical (unpaired) electrons. The van der Waals surface area contributed by atoms with Crippen molar-refractivity contribution in [3.05, 3.63) is 103 Å². The fraction of sp³-hybridized carbons (Fsp3) is 0.0952. The zero-order valence-electron chi connectivity index (χ0n) is 15.0. The standard InChI is InChI=1S/C21H17Cl2N3O2/c1-14-4-2-5-15(10-14)12-24-25-20(27)17-6-3-9-26(21(17)28)13-16-7-8-18(22)19(23)11-16/h2-12H,13H2,1H3,(H,25,27)/b24-12-. The second-order valence-electron chi connectivity index (χ2n) is 6.22. The summed E-state index contributed by atoms with van der Waals surface area (Å²) in [6.07, 6.45) is 3.14. The Hall–Kier alpha value is -2.89. The quantitative estimate of drug-likeness (QED) is 0.501. The van der Waals surface area contributed by atoms with Crippen LogP contribution in [-0.2, 0) is 6.54 Å². The summed E-state index contributed by atoms with van der Waals surface area (Å²) >= 11 is 11.9. The second kappa shape index (κ2) is 8.87. The summed E-state index contributed by atoms with van der Waals surface area (Å²) in [6, 6.07) is 15.9. The number of halogens is 2. The first-order chi connectivity index (χ1) is 13.4. The average molecular weight is 414 g/mol. The number of nitrogens with one attached hydrogen (secondary N) is 1. The van der Waals surface area contributed by atoms with Crippen molar-refractivity contribution in [2.75, 3.05) is 0 Å². The van der Waals surface area contributed by atoms with Crippen molar-refractivity contribution in [3.63, 3.8) is 0 Å². The fourth-order valence-corrected chi connectivity index (χ4v) is 2.97. The molecule has 1 heterocycles. The van der Waals surface area contributed by atoms with Gasteiger partial charge in [0, 0.05) is 6.20 Å². The largest absolute Gasteiger partial charge is 0.310 e. The smallest absolute Gasteiger partial charge is 0.276 e. The predicted octanol–water partition coefficient (Wildman–Crippen LogP) is 4.28. The van der Waals surface area contributed by atoms with Gasteiger partial charge in [-0.1, -0.05) is 59.1 Å². The molecule has 0 aliphatic carbocycles. The second-order valence-corrected chi connectivity index (χ2v) is 7.03. The lowest BCUT2D eigenvalue weighted by atomic mass is 10.2. The van der Waals surface area contributed by atoms with Gasteiger partial charge in [-0.15, -0.1) is 0 Å². The highest BCUT2D eigenvalue weighted by Crippen LogP contribution is 2.22. The third-order valence-corrected chi connectivity index (χ3v) is 4.76. The van der Waals surface area contributed by atoms with Crippen LogP contribution < -0.4 is 11.0 Å². The SMILES string of the molecule is Cc1cccc(/C=N\NC(=O)c2cccn(Cc3ccc(Cl)c(Cl)c3)c2=O)c1. The average Bonchev–Trinajstić information content (AvgIpc) is 2.66. The van der Waals surface area contributed by atoms with Crippen molar-refractivity contribution in [2.24, 2.45) is 5.10 Å². The minimum absolute atomic E-state index is 0.00366. The summed E-state index contributed by atoms with van der Waals surface area (Å²) in [4.78, 5) is 25.0. The molecule has 1 aromatic heterocycles. The topological polar surface area (TPSA) is 63.5 Å². The van der Waals surface area contributed by atoms with Gasteiger partial charge in [0.15, 0.2) is 0 Å². The number of aryl methyl sites for hydroxylation is 1. The lowest BCUT2D eigenvalue weighted by molar-refractivity contribution is 0.0953. The number of aromatic nitrogens is 1. The van der Waals surface area contributed by atoms with Gasteiger partial charge >= 0.3 is 0 Å². The summed E-state index contributed by atoms with van der Waals surface area (Å²) in [6.45, 7) is 2.24. The molecule has 3 aromatic rings. The van der Waals surface area contributed by atoms with E-state index >= 15 is 0 Å². The molecule has 0 saturated heterocycles. The Kier molecular flexibility index (Phi) is 6.29. The molecule has 28 heavy (non-hydrogen) atoms. The Balaban J connectivity index is 1.75. The van der Waals surface area contributed by atoms with Gasteiger partial charge in [-0.25, -0.2) is 5.43 Å². The molecule has 0 saturated carbocycles. The van der Waals surface area contributed by atoms with Gasteiger partial charge in [0.25, 0.3) is 11.5 Å². The Morgan fingerprint density at radius 3 is 2.68 bits per heavy atom. The van der Waals surface area contributed by atoms with Crippen LogP contribution in [0.5, 0.6) is 0 Å². The van der Waals surface area contributed by atoms with Crippen LogP contribution in [-0.4, -0.2) is 16.7 Å². The molecule has 1 N–H and O–H groups in total. The molecule has 142 valence electrons. The summed E-state index contributed by atoms with van der Waals surface area (Å²) in [5, 5.41) is 4.78. The zero-order valence-corrected chi connectivity index (χ0v) is 16.5. The molecule has 7 heteroatoms. The summed E-state index contributed by atoms with van der Waals surface area (Å²) in [7, 11) is 0. The van der Waals surface area contributed by atoms with E-state index < -0.39 is 11.5 Å². The van der Waals surface area contributed by atoms with Gasteiger partial charge in [-0.2, -0.15) is 5.10 Å². The number of benzene rings is 2. The third-order valence-electron chi connectivity index (χ3n) is 4.02. The van der Waals surface area contributed by atoms with Gasteiger partial charge < -0.3 is 4.57 Å². The van der Waals surface area contributed by atoms with Crippen LogP contribution >= 0.6 is 23.2 Å². The molecule has 0 bridgehead atoms. The van der Waals surface area contributed by atoms with E-state index in [1.165, 1.54) is 16.8 Å². The molecule has 1 amide bonds. The molecule has 0 spiro atoms. The van der Waals surface area contributed by atoms with Crippen LogP contribution in [0.3, 0.4) is 0 Å². The molecule has 2 aromatic carbocycles. The number of hydrogen-bond acceptors (Lipinski definition) is 3. The van der Waals surface area contributed by atoms with Gasteiger partial charge in [0.1, 0.15) is 5.56 Å². The lowest BCUT2D eigenvalue weighted by Gasteiger charge is -2.08. The van der Waals surface area contributed by atoms with Crippen LogP contribution in [0.15, 0.2) is 70.7 Å². The van der Waals surface area contributed by atoms with Gasteiger partial charge in [-0.3, -0.25) is 9.59 Å². The van der Waals surface area contributed by atoms with Gasteiger partial charge in [-0.05, 0) is 42.3 Å². The van der Waals surface area contributed by atoms with Crippen molar-refractivity contribution in [3.8, 4) is 0 Å². The third kappa shape index (κ3) is 4.88. The van der Waals surface area contributed by atoms with Crippen LogP contribution in [0.4, 0.5) is 0 Å². The molecule has 5 nitrogen and oxygen atoms in total. The van der Waals surface area contributed by atoms with Gasteiger partial charge in [0.2, 0.25) is 0 Å². The number of hydrazone groups is 1. The van der Waals surface area contributed by atoms with Crippen molar-refractivity contribution in [1.82, 2.24) is 9.99 Å². The summed E-state index contributed by atoms with van der Waals surface area (Å²) in [5.41, 5.74) is 4.71. The Morgan fingerprint density at radius 1 is 1.11 bits per heavy atom. The molecule has 0 unspecified atom stereocenters. The molecular formula is C21H17Cl2N3O2. The number of carbonyl (C=O) groups excluding carboxylic acids is 1. The van der Waals surface area contributed by atoms with Crippen molar-refractivity contribution in [1.29, 1.82) is 0 Å². The van der Waals surface area contributed by atoms with Crippen LogP contribution in [0, 0.1) is 6.92 Å². The van der Waals surface area contributed by atoms with Crippen molar-refractivity contribution < 1.29 is 4.79 Å². The van der Waals surface area contributed by atoms with Crippen molar-refractivity contribution >= 4 is 35.3 Å². The maximum absolute atomic E-state index is 12.6. The maximum Gasteiger partial charge on any atom is 0.276 e. The monoisotopic (exact) mass is 413 g/mol. The highest BCUT2D eigenvalue weighted by molar-refractivity contribution is 6.42. The summed E-state index contributed by atoms with van der Waals surface area (Å²) in [5.74, 6) is -0.572. The first-order valence-electron chi connectivity index (χ1n) is 8.47. The normalized spacial score (nSPS) is 11.0. The lowest BCUT2D eigenvalue weighted by Crippen LogP contribution is -2.30. The van der Waals surface area contributed by atoms with E-state index in [4.69, 9.17) is 23.2 Å². The van der Waals surface area contributed by atoms with E-state index in [9.17, 15) is 9.59 Å². The van der Waals surface area contributed by atoms with Crippen LogP contribution in [0.1, 0.15) is 27.0 Å². The van der Waals surface area contributed by atoms with E-state index in [1.54, 1.807) is 30.5 Å². The number of hydrogen-bond donors (Lipinski definition) is 1. The molecular weight excluding hydrogens is 397 g/mol. The number of rotatable bonds is 5. The minimum Gasteiger partial charge on any atom is -0.310 e. The predicted molar refractivity (Wildman–Crippen MR) is 113 cm³/mol. The van der Waals surface area contributed by atoms with E-state index in [0.29, 0.717) is 10.0 Å². The van der Waals surface area contributed by atoms with Crippen molar-refractivity contribution in [2.45, 2.75) is 13.5 Å². The highest BCUT2D eigenvalue weighted by Gasteiger charge is 2.12. The van der Waals surface area contributed by atoms with E-state index in [0.717, 1.165) is 16.7 Å². The number of amides is 1. The molecule has 3 rings (SSSR count). The van der Waals surface area contributed by atoms with E-state index in [1.807, 2.05) is 31.2 Å². The number of pyridine rings is 1. The van der Waals surface area contributed by atoms with E-state index in [-0.39, 0.29) is 12.1 Å². The van der Waals surface area contributed by atoms with E-state index in [2.05, 4.69) is 10.5 Å². The fourth-order valence-electron chi connectivity index (χ4n) is 2.64. The molecule has 0 aliphatic heterocycles. The Labute approximate surface area is 172 Å². The zero-order chi connectivity index (χ0) is 20.1. The Bertz CT molecular complexity index is 1110. The van der Waals surface area contributed by atoms with Gasteiger partial charge in [0.05, 0.1) is 22.8 Å². The first-order valence-corrected chi connectivity index (χ1v) is 9.23. The summed E-state index contributed by atoms with van der Waals surface area (Å²) < 4.78 is 1.43. The first kappa shape index (κ1) is 19.9. The number of carbonyl (C=O) groups is 1. The highest BCUT2D eigenvalue weighted by atomic mass is 35.5. The number of nitrogens with zero attached hydrogens (tertiary/aromatic N) is 2. The molecule has 0 fully saturated rings. The van der Waals surface area contributed by atoms with Crippen LogP contribution in [0.2, 0.25) is 10.0 Å². The molecule has 0 aliphatic rings. The maximum atomic E-state index is 12.6. The molecule has 0 atom stereocenters. The minimum atomic E-state index is -0.572. The van der Waals surface area contributed by atoms with Crippen LogP contribution in [0.25, 0.3) is 0 Å². The Morgan fingerprint density at radius 2 is 1.93 bits per heavy atom.